The van der Waals surface area contributed by atoms with Crippen LogP contribution >= 0.6 is 0 Å². The first-order valence-electron chi connectivity index (χ1n) is 6.19. The van der Waals surface area contributed by atoms with Crippen molar-refractivity contribution in [2.24, 2.45) is 0 Å². The lowest BCUT2D eigenvalue weighted by atomic mass is 9.97. The summed E-state index contributed by atoms with van der Waals surface area (Å²) < 4.78 is 11.0. The summed E-state index contributed by atoms with van der Waals surface area (Å²) >= 11 is 0. The average molecular weight is 231 g/mol. The Hall–Kier alpha value is -0.160. The summed E-state index contributed by atoms with van der Waals surface area (Å²) in [5.41, 5.74) is -0.168. The van der Waals surface area contributed by atoms with E-state index >= 15 is 0 Å². The van der Waals surface area contributed by atoms with Crippen molar-refractivity contribution in [2.75, 3.05) is 33.5 Å². The number of hydrogen-bond donors (Lipinski definition) is 2. The van der Waals surface area contributed by atoms with Gasteiger partial charge in [-0.05, 0) is 39.7 Å². The molecule has 1 saturated heterocycles. The highest BCUT2D eigenvalue weighted by Gasteiger charge is 2.20. The summed E-state index contributed by atoms with van der Waals surface area (Å²) in [7, 11) is 1.88. The minimum Gasteiger partial charge on any atom is -0.394 e. The van der Waals surface area contributed by atoms with Crippen molar-refractivity contribution < 1.29 is 14.6 Å². The predicted octanol–water partition coefficient (Wildman–Crippen LogP) is 0.933. The lowest BCUT2D eigenvalue weighted by Gasteiger charge is -2.27. The summed E-state index contributed by atoms with van der Waals surface area (Å²) in [5.74, 6) is 0. The number of aliphatic hydroxyl groups excluding tert-OH is 1. The van der Waals surface area contributed by atoms with E-state index < -0.39 is 0 Å². The van der Waals surface area contributed by atoms with E-state index in [9.17, 15) is 5.11 Å². The van der Waals surface area contributed by atoms with Gasteiger partial charge in [-0.3, -0.25) is 0 Å². The lowest BCUT2D eigenvalue weighted by Crippen LogP contribution is -2.43. The second-order valence-electron chi connectivity index (χ2n) is 4.75. The molecule has 16 heavy (non-hydrogen) atoms. The summed E-state index contributed by atoms with van der Waals surface area (Å²) in [6.07, 6.45) is 4.33. The van der Waals surface area contributed by atoms with Crippen LogP contribution in [-0.4, -0.2) is 50.2 Å². The Bertz CT molecular complexity index is 177. The molecule has 1 rings (SSSR count). The first kappa shape index (κ1) is 13.9. The Balaban J connectivity index is 2.06. The SMILES string of the molecule is CNC(C)(CO)CCCOC1CCOCC1. The van der Waals surface area contributed by atoms with E-state index in [4.69, 9.17) is 9.47 Å². The van der Waals surface area contributed by atoms with Crippen molar-refractivity contribution in [2.45, 2.75) is 44.2 Å². The molecule has 0 saturated carbocycles. The van der Waals surface area contributed by atoms with Crippen molar-refractivity contribution in [3.05, 3.63) is 0 Å². The van der Waals surface area contributed by atoms with E-state index in [0.717, 1.165) is 45.5 Å². The lowest BCUT2D eigenvalue weighted by molar-refractivity contribution is -0.0341. The first-order valence-corrected chi connectivity index (χ1v) is 6.19. The number of ether oxygens (including phenoxy) is 2. The first-order chi connectivity index (χ1) is 7.70. The third kappa shape index (κ3) is 4.78. The maximum absolute atomic E-state index is 9.21. The number of likely N-dealkylation sites (N-methyl/N-ethyl adjacent to an activating group) is 1. The zero-order valence-electron chi connectivity index (χ0n) is 10.5. The molecule has 4 heteroatoms. The van der Waals surface area contributed by atoms with Gasteiger partial charge in [-0.1, -0.05) is 0 Å². The molecule has 96 valence electrons. The zero-order chi connectivity index (χ0) is 11.9. The molecule has 1 atom stereocenters. The van der Waals surface area contributed by atoms with Gasteiger partial charge in [-0.25, -0.2) is 0 Å². The molecule has 0 spiro atoms. The van der Waals surface area contributed by atoms with Gasteiger partial charge in [-0.2, -0.15) is 0 Å². The molecule has 0 aromatic carbocycles. The third-order valence-electron chi connectivity index (χ3n) is 3.35. The number of rotatable bonds is 7. The van der Waals surface area contributed by atoms with E-state index in [1.807, 2.05) is 14.0 Å². The quantitative estimate of drug-likeness (QED) is 0.640. The van der Waals surface area contributed by atoms with E-state index in [1.54, 1.807) is 0 Å². The Morgan fingerprint density at radius 2 is 2.12 bits per heavy atom. The minimum atomic E-state index is -0.168. The highest BCUT2D eigenvalue weighted by atomic mass is 16.5. The zero-order valence-corrected chi connectivity index (χ0v) is 10.5. The standard InChI is InChI=1S/C12H25NO3/c1-12(10-14,13-2)6-3-7-16-11-4-8-15-9-5-11/h11,13-14H,3-10H2,1-2H3. The van der Waals surface area contributed by atoms with Gasteiger partial charge >= 0.3 is 0 Å². The third-order valence-corrected chi connectivity index (χ3v) is 3.35. The van der Waals surface area contributed by atoms with E-state index in [2.05, 4.69) is 5.32 Å². The van der Waals surface area contributed by atoms with Crippen molar-refractivity contribution in [1.82, 2.24) is 5.32 Å². The molecule has 1 heterocycles. The van der Waals surface area contributed by atoms with Gasteiger partial charge in [0.05, 0.1) is 12.7 Å². The molecule has 4 nitrogen and oxygen atoms in total. The Morgan fingerprint density at radius 3 is 2.69 bits per heavy atom. The van der Waals surface area contributed by atoms with Crippen LogP contribution in [0.25, 0.3) is 0 Å². The molecular weight excluding hydrogens is 206 g/mol. The molecule has 1 unspecified atom stereocenters. The average Bonchev–Trinajstić information content (AvgIpc) is 2.36. The molecule has 0 bridgehead atoms. The normalized spacial score (nSPS) is 21.9. The molecule has 0 aromatic rings. The fourth-order valence-corrected chi connectivity index (χ4v) is 1.84. The molecular formula is C12H25NO3. The molecule has 0 aromatic heterocycles. The Labute approximate surface area is 98.3 Å². The highest BCUT2D eigenvalue weighted by Crippen LogP contribution is 2.14. The number of aliphatic hydroxyl groups is 1. The second-order valence-corrected chi connectivity index (χ2v) is 4.75. The minimum absolute atomic E-state index is 0.167. The van der Waals surface area contributed by atoms with Crippen molar-refractivity contribution in [3.63, 3.8) is 0 Å². The van der Waals surface area contributed by atoms with Crippen LogP contribution in [0.5, 0.6) is 0 Å². The van der Waals surface area contributed by atoms with Crippen LogP contribution in [0, 0.1) is 0 Å². The fraction of sp³-hybridized carbons (Fsp3) is 1.00. The molecule has 0 aliphatic carbocycles. The van der Waals surface area contributed by atoms with Gasteiger partial charge in [0.1, 0.15) is 0 Å². The molecule has 1 fully saturated rings. The Morgan fingerprint density at radius 1 is 1.44 bits per heavy atom. The van der Waals surface area contributed by atoms with Crippen LogP contribution in [0.4, 0.5) is 0 Å². The molecule has 1 aliphatic rings. The van der Waals surface area contributed by atoms with Crippen LogP contribution in [-0.2, 0) is 9.47 Å². The number of hydrogen-bond acceptors (Lipinski definition) is 4. The van der Waals surface area contributed by atoms with E-state index in [0.29, 0.717) is 6.10 Å². The van der Waals surface area contributed by atoms with Gasteiger partial charge in [0.2, 0.25) is 0 Å². The van der Waals surface area contributed by atoms with Gasteiger partial charge in [0, 0.05) is 25.4 Å². The monoisotopic (exact) mass is 231 g/mol. The molecule has 2 N–H and O–H groups in total. The van der Waals surface area contributed by atoms with Gasteiger partial charge in [0.15, 0.2) is 0 Å². The van der Waals surface area contributed by atoms with Crippen LogP contribution in [0.1, 0.15) is 32.6 Å². The van der Waals surface area contributed by atoms with Crippen molar-refractivity contribution in [1.29, 1.82) is 0 Å². The van der Waals surface area contributed by atoms with Crippen LogP contribution in [0.3, 0.4) is 0 Å². The van der Waals surface area contributed by atoms with E-state index in [1.165, 1.54) is 0 Å². The smallest absolute Gasteiger partial charge is 0.0619 e. The topological polar surface area (TPSA) is 50.7 Å². The van der Waals surface area contributed by atoms with Crippen LogP contribution < -0.4 is 5.32 Å². The fourth-order valence-electron chi connectivity index (χ4n) is 1.84. The highest BCUT2D eigenvalue weighted by molar-refractivity contribution is 4.80. The summed E-state index contributed by atoms with van der Waals surface area (Å²) in [6, 6.07) is 0. The maximum Gasteiger partial charge on any atom is 0.0619 e. The van der Waals surface area contributed by atoms with Crippen LogP contribution in [0.15, 0.2) is 0 Å². The molecule has 1 aliphatic heterocycles. The van der Waals surface area contributed by atoms with Gasteiger partial charge < -0.3 is 19.9 Å². The largest absolute Gasteiger partial charge is 0.394 e. The predicted molar refractivity (Wildman–Crippen MR) is 63.6 cm³/mol. The maximum atomic E-state index is 9.21. The van der Waals surface area contributed by atoms with Gasteiger partial charge in [-0.15, -0.1) is 0 Å². The summed E-state index contributed by atoms with van der Waals surface area (Å²) in [4.78, 5) is 0. The van der Waals surface area contributed by atoms with E-state index in [-0.39, 0.29) is 12.1 Å². The summed E-state index contributed by atoms with van der Waals surface area (Å²) in [6.45, 7) is 4.63. The van der Waals surface area contributed by atoms with Gasteiger partial charge in [0.25, 0.3) is 0 Å². The van der Waals surface area contributed by atoms with Crippen molar-refractivity contribution >= 4 is 0 Å². The summed E-state index contributed by atoms with van der Waals surface area (Å²) in [5, 5.41) is 12.4. The van der Waals surface area contributed by atoms with Crippen molar-refractivity contribution in [3.8, 4) is 0 Å². The van der Waals surface area contributed by atoms with Crippen LogP contribution in [0.2, 0.25) is 0 Å². The number of nitrogens with one attached hydrogen (secondary N) is 1. The molecule has 0 amide bonds. The Kier molecular flexibility index (Phi) is 6.28. The molecule has 0 radical (unpaired) electrons. The second kappa shape index (κ2) is 7.22.